The third kappa shape index (κ3) is 5.12. The van der Waals surface area contributed by atoms with Crippen molar-refractivity contribution < 1.29 is 38.1 Å². The topological polar surface area (TPSA) is 216 Å². The lowest BCUT2D eigenvalue weighted by Crippen LogP contribution is -2.46. The van der Waals surface area contributed by atoms with E-state index in [1.165, 1.54) is 42.3 Å². The Labute approximate surface area is 210 Å². The Morgan fingerprint density at radius 2 is 2.22 bits per heavy atom. The Balaban J connectivity index is 1.60. The molecule has 4 rings (SSSR count). The van der Waals surface area contributed by atoms with E-state index in [1.54, 1.807) is 18.2 Å². The number of aliphatic hydroxyl groups excluding tert-OH is 2. The fourth-order valence-corrected chi connectivity index (χ4v) is 5.26. The van der Waals surface area contributed by atoms with E-state index < -0.39 is 50.3 Å². The number of methoxy groups -OCH3 is 1. The molecule has 6 atom stereocenters. The molecule has 0 bridgehead atoms. The number of aromatic nitrogens is 4. The van der Waals surface area contributed by atoms with Crippen molar-refractivity contribution in [3.05, 3.63) is 48.7 Å². The lowest BCUT2D eigenvalue weighted by Gasteiger charge is -2.28. The number of ether oxygens (including phenoxy) is 2. The largest absolute Gasteiger partial charge is 0.468 e. The first kappa shape index (κ1) is 26.4. The van der Waals surface area contributed by atoms with Gasteiger partial charge < -0.3 is 29.9 Å². The maximum absolute atomic E-state index is 13.6. The van der Waals surface area contributed by atoms with E-state index in [2.05, 4.69) is 24.9 Å². The number of esters is 1. The third-order valence-corrected chi connectivity index (χ3v) is 7.28. The van der Waals surface area contributed by atoms with Crippen molar-refractivity contribution >= 4 is 25.1 Å². The summed E-state index contributed by atoms with van der Waals surface area (Å²) in [5, 5.41) is 38.1. The molecule has 1 unspecified atom stereocenters. The van der Waals surface area contributed by atoms with Gasteiger partial charge in [-0.1, -0.05) is 0 Å². The first-order valence-electron chi connectivity index (χ1n) is 10.9. The molecule has 4 heterocycles. The molecule has 0 saturated carbocycles. The van der Waals surface area contributed by atoms with Crippen LogP contribution in [0.5, 0.6) is 5.75 Å². The van der Waals surface area contributed by atoms with Gasteiger partial charge in [0.05, 0.1) is 19.0 Å². The summed E-state index contributed by atoms with van der Waals surface area (Å²) in [5.74, 6) is -0.560. The van der Waals surface area contributed by atoms with Crippen molar-refractivity contribution in [3.63, 3.8) is 0 Å². The van der Waals surface area contributed by atoms with E-state index in [-0.39, 0.29) is 17.3 Å². The molecule has 1 aliphatic heterocycles. The van der Waals surface area contributed by atoms with Crippen molar-refractivity contribution in [2.45, 2.75) is 36.9 Å². The number of rotatable bonds is 9. The van der Waals surface area contributed by atoms with Crippen molar-refractivity contribution in [1.82, 2.24) is 24.7 Å². The van der Waals surface area contributed by atoms with E-state index in [0.717, 1.165) is 7.11 Å². The first-order chi connectivity index (χ1) is 17.6. The lowest BCUT2D eigenvalue weighted by molar-refractivity contribution is -0.142. The van der Waals surface area contributed by atoms with Crippen LogP contribution in [0.1, 0.15) is 18.7 Å². The number of carbonyl (C=O) groups excluding carboxylic acids is 1. The quantitative estimate of drug-likeness (QED) is 0.212. The molecule has 196 valence electrons. The number of nitriles is 1. The van der Waals surface area contributed by atoms with Crippen LogP contribution < -0.4 is 15.3 Å². The van der Waals surface area contributed by atoms with Crippen LogP contribution in [0, 0.1) is 11.3 Å². The molecule has 0 aromatic carbocycles. The molecule has 3 aromatic rings. The van der Waals surface area contributed by atoms with Crippen LogP contribution in [-0.2, 0) is 23.4 Å². The SMILES string of the molecule is COC(=O)[C@H](C)NP(=O)(OC[C@@]1(C#N)O[C@@H](c2ccc3c(N)ncnn23)[C@H](O)[C@@H]1O)Oc1cccnc1. The number of pyridine rings is 1. The number of carbonyl (C=O) groups is 1. The molecule has 1 aliphatic rings. The van der Waals surface area contributed by atoms with E-state index in [1.807, 2.05) is 0 Å². The van der Waals surface area contributed by atoms with Crippen molar-refractivity contribution in [3.8, 4) is 11.8 Å². The minimum absolute atomic E-state index is 0.0316. The second-order valence-corrected chi connectivity index (χ2v) is 9.79. The van der Waals surface area contributed by atoms with Crippen LogP contribution in [0.4, 0.5) is 5.82 Å². The second kappa shape index (κ2) is 10.4. The van der Waals surface area contributed by atoms with Gasteiger partial charge in [-0.3, -0.25) is 14.3 Å². The molecule has 0 radical (unpaired) electrons. The minimum atomic E-state index is -4.40. The van der Waals surface area contributed by atoms with Gasteiger partial charge in [0.15, 0.2) is 5.82 Å². The summed E-state index contributed by atoms with van der Waals surface area (Å²) >= 11 is 0. The van der Waals surface area contributed by atoms with Crippen LogP contribution in [0.15, 0.2) is 43.0 Å². The monoisotopic (exact) mass is 533 g/mol. The van der Waals surface area contributed by atoms with Crippen molar-refractivity contribution in [1.29, 1.82) is 5.26 Å². The highest BCUT2D eigenvalue weighted by atomic mass is 31.2. The van der Waals surface area contributed by atoms with Gasteiger partial charge in [0, 0.05) is 6.20 Å². The Morgan fingerprint density at radius 1 is 1.43 bits per heavy atom. The van der Waals surface area contributed by atoms with Crippen LogP contribution in [0.3, 0.4) is 0 Å². The Kier molecular flexibility index (Phi) is 7.42. The predicted octanol–water partition coefficient (Wildman–Crippen LogP) is 0.117. The third-order valence-electron chi connectivity index (χ3n) is 5.66. The Bertz CT molecular complexity index is 1370. The molecule has 15 nitrogen and oxygen atoms in total. The highest BCUT2D eigenvalue weighted by molar-refractivity contribution is 7.52. The van der Waals surface area contributed by atoms with Crippen LogP contribution in [0.25, 0.3) is 5.52 Å². The summed E-state index contributed by atoms with van der Waals surface area (Å²) in [6.45, 7) is 0.539. The molecule has 0 aliphatic carbocycles. The van der Waals surface area contributed by atoms with Crippen molar-refractivity contribution in [2.24, 2.45) is 0 Å². The van der Waals surface area contributed by atoms with Gasteiger partial charge in [-0.2, -0.15) is 15.4 Å². The number of nitrogen functional groups attached to an aromatic ring is 1. The van der Waals surface area contributed by atoms with Gasteiger partial charge in [0.25, 0.3) is 0 Å². The van der Waals surface area contributed by atoms with Crippen LogP contribution >= 0.6 is 7.75 Å². The first-order valence-corrected chi connectivity index (χ1v) is 12.4. The van der Waals surface area contributed by atoms with Crippen LogP contribution in [-0.4, -0.2) is 73.3 Å². The highest BCUT2D eigenvalue weighted by Crippen LogP contribution is 2.48. The number of aliphatic hydroxyl groups is 2. The molecular formula is C21H24N7O8P. The van der Waals surface area contributed by atoms with Gasteiger partial charge in [-0.05, 0) is 31.2 Å². The number of hydrogen-bond donors (Lipinski definition) is 4. The van der Waals surface area contributed by atoms with E-state index in [4.69, 9.17) is 19.5 Å². The van der Waals surface area contributed by atoms with Gasteiger partial charge >= 0.3 is 13.7 Å². The van der Waals surface area contributed by atoms with Gasteiger partial charge in [-0.15, -0.1) is 0 Å². The molecule has 1 saturated heterocycles. The standard InChI is InChI=1S/C21H24N7O8P/c1-12(20(31)33-2)27-37(32,36-13-4-3-7-24-8-13)34-10-21(9-22)18(30)16(29)17(35-21)14-5-6-15-19(23)25-11-26-28(14)15/h3-8,11-12,16-18,29-30H,10H2,1-2H3,(H,27,32)(H2,23,25,26)/t12-,16-,17-,18-,21+,37?/m0/s1. The second-order valence-electron chi connectivity index (χ2n) is 8.10. The summed E-state index contributed by atoms with van der Waals surface area (Å²) in [6.07, 6.45) is -0.718. The van der Waals surface area contributed by atoms with E-state index in [9.17, 15) is 24.8 Å². The molecule has 3 aromatic heterocycles. The zero-order valence-corrected chi connectivity index (χ0v) is 20.6. The molecule has 1 fully saturated rings. The molecule has 5 N–H and O–H groups in total. The fourth-order valence-electron chi connectivity index (χ4n) is 3.75. The fraction of sp³-hybridized carbons (Fsp3) is 0.381. The molecule has 37 heavy (non-hydrogen) atoms. The predicted molar refractivity (Wildman–Crippen MR) is 125 cm³/mol. The van der Waals surface area contributed by atoms with Gasteiger partial charge in [-0.25, -0.2) is 14.1 Å². The van der Waals surface area contributed by atoms with Crippen LogP contribution in [0.2, 0.25) is 0 Å². The zero-order valence-electron chi connectivity index (χ0n) is 19.7. The summed E-state index contributed by atoms with van der Waals surface area (Å²) < 4.78 is 36.4. The molecule has 16 heteroatoms. The maximum atomic E-state index is 13.6. The number of nitrogens with one attached hydrogen (secondary N) is 1. The highest BCUT2D eigenvalue weighted by Gasteiger charge is 2.57. The smallest absolute Gasteiger partial charge is 0.459 e. The summed E-state index contributed by atoms with van der Waals surface area (Å²) in [7, 11) is -3.26. The summed E-state index contributed by atoms with van der Waals surface area (Å²) in [5.41, 5.74) is 4.37. The van der Waals surface area contributed by atoms with E-state index >= 15 is 0 Å². The summed E-state index contributed by atoms with van der Waals surface area (Å²) in [4.78, 5) is 19.7. The lowest BCUT2D eigenvalue weighted by atomic mass is 9.96. The Hall–Kier alpha value is -3.64. The zero-order chi connectivity index (χ0) is 26.8. The number of hydrogen-bond acceptors (Lipinski definition) is 13. The average molecular weight is 533 g/mol. The maximum Gasteiger partial charge on any atom is 0.459 e. The molecular weight excluding hydrogens is 509 g/mol. The Morgan fingerprint density at radius 3 is 2.89 bits per heavy atom. The van der Waals surface area contributed by atoms with Gasteiger partial charge in [0.2, 0.25) is 5.60 Å². The minimum Gasteiger partial charge on any atom is -0.468 e. The van der Waals surface area contributed by atoms with E-state index in [0.29, 0.717) is 5.52 Å². The normalized spacial score (nSPS) is 25.8. The number of nitrogens with two attached hydrogens (primary N) is 1. The number of fused-ring (bicyclic) bond motifs is 1. The van der Waals surface area contributed by atoms with Crippen molar-refractivity contribution in [2.75, 3.05) is 19.5 Å². The average Bonchev–Trinajstić information content (AvgIpc) is 3.43. The molecule has 0 amide bonds. The number of nitrogens with zero attached hydrogens (tertiary/aromatic N) is 5. The summed E-state index contributed by atoms with van der Waals surface area (Å²) in [6, 6.07) is 6.75. The number of anilines is 1. The molecule has 0 spiro atoms. The van der Waals surface area contributed by atoms with Gasteiger partial charge in [0.1, 0.15) is 54.6 Å².